The molecule has 0 fully saturated rings. The molecule has 0 bridgehead atoms. The highest BCUT2D eigenvalue weighted by atomic mass is 16.5. The van der Waals surface area contributed by atoms with E-state index in [0.717, 1.165) is 36.8 Å². The Morgan fingerprint density at radius 1 is 0.607 bits per heavy atom. The molecule has 0 spiro atoms. The fourth-order valence-corrected chi connectivity index (χ4v) is 3.50. The Labute approximate surface area is 167 Å². The van der Waals surface area contributed by atoms with Crippen LogP contribution in [0.3, 0.4) is 0 Å². The highest BCUT2D eigenvalue weighted by Gasteiger charge is 2.21. The fourth-order valence-electron chi connectivity index (χ4n) is 3.50. The number of hydrogen-bond donors (Lipinski definition) is 0. The van der Waals surface area contributed by atoms with Crippen molar-refractivity contribution >= 4 is 0 Å². The summed E-state index contributed by atoms with van der Waals surface area (Å²) in [6.07, 6.45) is 3.62. The van der Waals surface area contributed by atoms with Crippen LogP contribution in [-0.2, 0) is 19.3 Å². The van der Waals surface area contributed by atoms with E-state index in [4.69, 9.17) is 14.2 Å². The number of hydrogen-bond acceptors (Lipinski definition) is 3. The summed E-state index contributed by atoms with van der Waals surface area (Å²) in [5.41, 5.74) is 4.56. The number of ether oxygens (including phenoxy) is 3. The maximum atomic E-state index is 5.68. The monoisotopic (exact) mass is 375 g/mol. The van der Waals surface area contributed by atoms with Crippen LogP contribution in [0.2, 0.25) is 0 Å². The standard InChI is InChI=1S/C25H27O3/c1-26-23-21(16-10-15-19-11-6-4-7-12-19)18-22(24(27-2)25(23)28-3)17-20-13-8-5-9-14-20/h4-9,11-14H,10,15-17H2,1-3H3. The minimum Gasteiger partial charge on any atom is -0.492 e. The third-order valence-electron chi connectivity index (χ3n) is 4.83. The van der Waals surface area contributed by atoms with Crippen LogP contribution in [0.25, 0.3) is 0 Å². The first-order valence-electron chi connectivity index (χ1n) is 9.57. The predicted octanol–water partition coefficient (Wildman–Crippen LogP) is 5.28. The third-order valence-corrected chi connectivity index (χ3v) is 4.83. The molecule has 3 rings (SSSR count). The van der Waals surface area contributed by atoms with E-state index in [0.29, 0.717) is 17.2 Å². The second-order valence-electron chi connectivity index (χ2n) is 6.68. The van der Waals surface area contributed by atoms with Crippen LogP contribution in [0.1, 0.15) is 28.7 Å². The molecule has 0 aliphatic heterocycles. The van der Waals surface area contributed by atoms with Crippen LogP contribution >= 0.6 is 0 Å². The maximum Gasteiger partial charge on any atom is 0.203 e. The molecule has 28 heavy (non-hydrogen) atoms. The largest absolute Gasteiger partial charge is 0.492 e. The first kappa shape index (κ1) is 19.8. The zero-order valence-corrected chi connectivity index (χ0v) is 16.8. The van der Waals surface area contributed by atoms with Crippen molar-refractivity contribution < 1.29 is 14.2 Å². The Kier molecular flexibility index (Phi) is 6.96. The van der Waals surface area contributed by atoms with Gasteiger partial charge in [0.15, 0.2) is 11.5 Å². The summed E-state index contributed by atoms with van der Waals surface area (Å²) in [6.45, 7) is 0. The summed E-state index contributed by atoms with van der Waals surface area (Å²) in [5.74, 6) is 2.05. The van der Waals surface area contributed by atoms with Gasteiger partial charge in [0, 0.05) is 17.5 Å². The third kappa shape index (κ3) is 4.66. The highest BCUT2D eigenvalue weighted by Crippen LogP contribution is 2.43. The molecule has 0 heterocycles. The summed E-state index contributed by atoms with van der Waals surface area (Å²) in [6, 6.07) is 24.4. The number of benzene rings is 3. The van der Waals surface area contributed by atoms with Gasteiger partial charge in [-0.3, -0.25) is 0 Å². The molecule has 0 aromatic heterocycles. The Balaban J connectivity index is 1.89. The lowest BCUT2D eigenvalue weighted by Gasteiger charge is -2.19. The molecule has 3 heteroatoms. The van der Waals surface area contributed by atoms with Crippen molar-refractivity contribution in [3.05, 3.63) is 89.0 Å². The molecular formula is C25H27O3. The van der Waals surface area contributed by atoms with E-state index in [1.807, 2.05) is 24.3 Å². The maximum absolute atomic E-state index is 5.68. The van der Waals surface area contributed by atoms with Gasteiger partial charge in [0.1, 0.15) is 0 Å². The zero-order valence-electron chi connectivity index (χ0n) is 16.8. The number of aryl methyl sites for hydroxylation is 2. The van der Waals surface area contributed by atoms with Gasteiger partial charge < -0.3 is 14.2 Å². The van der Waals surface area contributed by atoms with Gasteiger partial charge in [-0.25, -0.2) is 0 Å². The SMILES string of the molecule is COc1c(CCCc2ccccc2)[c]c(Cc2ccccc2)c(OC)c1OC. The molecule has 1 radical (unpaired) electrons. The first-order valence-corrected chi connectivity index (χ1v) is 9.57. The average molecular weight is 375 g/mol. The lowest BCUT2D eigenvalue weighted by atomic mass is 9.96. The van der Waals surface area contributed by atoms with Crippen molar-refractivity contribution in [2.24, 2.45) is 0 Å². The molecule has 0 unspecified atom stereocenters. The molecule has 0 amide bonds. The molecule has 0 saturated heterocycles. The summed E-state index contributed by atoms with van der Waals surface area (Å²) >= 11 is 0. The van der Waals surface area contributed by atoms with E-state index in [1.165, 1.54) is 11.1 Å². The van der Waals surface area contributed by atoms with Gasteiger partial charge in [0.2, 0.25) is 5.75 Å². The Hall–Kier alpha value is -2.94. The van der Waals surface area contributed by atoms with Gasteiger partial charge in [-0.05, 0) is 36.5 Å². The molecule has 0 atom stereocenters. The lowest BCUT2D eigenvalue weighted by Crippen LogP contribution is -2.04. The van der Waals surface area contributed by atoms with E-state index in [9.17, 15) is 0 Å². The van der Waals surface area contributed by atoms with Crippen LogP contribution in [0, 0.1) is 6.07 Å². The number of methoxy groups -OCH3 is 3. The highest BCUT2D eigenvalue weighted by molar-refractivity contribution is 5.60. The second-order valence-corrected chi connectivity index (χ2v) is 6.68. The smallest absolute Gasteiger partial charge is 0.203 e. The minimum atomic E-state index is 0.643. The van der Waals surface area contributed by atoms with Crippen molar-refractivity contribution in [3.8, 4) is 17.2 Å². The first-order chi connectivity index (χ1) is 13.8. The normalized spacial score (nSPS) is 10.5. The van der Waals surface area contributed by atoms with Crippen molar-refractivity contribution in [1.29, 1.82) is 0 Å². The molecule has 145 valence electrons. The molecule has 0 aliphatic carbocycles. The summed E-state index contributed by atoms with van der Waals surface area (Å²) < 4.78 is 17.0. The lowest BCUT2D eigenvalue weighted by molar-refractivity contribution is 0.320. The van der Waals surface area contributed by atoms with Gasteiger partial charge in [0.25, 0.3) is 0 Å². The molecule has 0 aliphatic rings. The van der Waals surface area contributed by atoms with E-state index in [-0.39, 0.29) is 0 Å². The van der Waals surface area contributed by atoms with E-state index in [2.05, 4.69) is 42.5 Å². The van der Waals surface area contributed by atoms with Crippen LogP contribution in [0.5, 0.6) is 17.2 Å². The van der Waals surface area contributed by atoms with Crippen LogP contribution in [0.15, 0.2) is 60.7 Å². The molecule has 0 saturated carbocycles. The molecule has 3 nitrogen and oxygen atoms in total. The zero-order chi connectivity index (χ0) is 19.8. The Morgan fingerprint density at radius 3 is 1.71 bits per heavy atom. The molecule has 3 aromatic carbocycles. The second kappa shape index (κ2) is 9.84. The minimum absolute atomic E-state index is 0.643. The number of rotatable bonds is 9. The van der Waals surface area contributed by atoms with Gasteiger partial charge in [0.05, 0.1) is 21.3 Å². The van der Waals surface area contributed by atoms with Crippen LogP contribution in [0.4, 0.5) is 0 Å². The quantitative estimate of drug-likeness (QED) is 0.509. The Bertz CT molecular complexity index is 873. The van der Waals surface area contributed by atoms with Crippen molar-refractivity contribution in [1.82, 2.24) is 0 Å². The van der Waals surface area contributed by atoms with E-state index < -0.39 is 0 Å². The summed E-state index contributed by atoms with van der Waals surface area (Å²) in [7, 11) is 4.98. The van der Waals surface area contributed by atoms with E-state index in [1.54, 1.807) is 21.3 Å². The van der Waals surface area contributed by atoms with Gasteiger partial charge in [-0.2, -0.15) is 0 Å². The molecular weight excluding hydrogens is 348 g/mol. The Morgan fingerprint density at radius 2 is 1.14 bits per heavy atom. The topological polar surface area (TPSA) is 27.7 Å². The van der Waals surface area contributed by atoms with Crippen molar-refractivity contribution in [2.45, 2.75) is 25.7 Å². The summed E-state index contributed by atoms with van der Waals surface area (Å²) in [4.78, 5) is 0. The summed E-state index contributed by atoms with van der Waals surface area (Å²) in [5, 5.41) is 0. The van der Waals surface area contributed by atoms with Gasteiger partial charge in [-0.1, -0.05) is 60.7 Å². The average Bonchev–Trinajstić information content (AvgIpc) is 2.74. The van der Waals surface area contributed by atoms with Crippen molar-refractivity contribution in [3.63, 3.8) is 0 Å². The van der Waals surface area contributed by atoms with Crippen LogP contribution < -0.4 is 14.2 Å². The van der Waals surface area contributed by atoms with Crippen molar-refractivity contribution in [2.75, 3.05) is 21.3 Å². The fraction of sp³-hybridized carbons (Fsp3) is 0.280. The molecule has 0 N–H and O–H groups in total. The van der Waals surface area contributed by atoms with Crippen LogP contribution in [-0.4, -0.2) is 21.3 Å². The van der Waals surface area contributed by atoms with E-state index >= 15 is 0 Å². The van der Waals surface area contributed by atoms with Gasteiger partial charge >= 0.3 is 0 Å². The van der Waals surface area contributed by atoms with Gasteiger partial charge in [-0.15, -0.1) is 0 Å². The predicted molar refractivity (Wildman–Crippen MR) is 113 cm³/mol. The molecule has 3 aromatic rings.